The van der Waals surface area contributed by atoms with E-state index in [-0.39, 0.29) is 5.92 Å². The standard InChI is InChI=1S/C24H22N2O4/c1-16(27)30-25-24(28)26-22-9-5-3-7-18(22)15-21(20-8-4-6-10-23(20)26)17-11-13-19(29-2)14-12-17/h3-14,21H,15H2,1-2H3,(H,25,28). The number of para-hydroxylation sites is 2. The number of hydroxylamine groups is 1. The lowest BCUT2D eigenvalue weighted by Gasteiger charge is -2.25. The van der Waals surface area contributed by atoms with Crippen molar-refractivity contribution in [3.8, 4) is 5.75 Å². The summed E-state index contributed by atoms with van der Waals surface area (Å²) in [6, 6.07) is 23.0. The van der Waals surface area contributed by atoms with Gasteiger partial charge in [-0.05, 0) is 47.4 Å². The summed E-state index contributed by atoms with van der Waals surface area (Å²) >= 11 is 0. The molecule has 4 rings (SSSR count). The van der Waals surface area contributed by atoms with E-state index in [1.165, 1.54) is 6.92 Å². The van der Waals surface area contributed by atoms with Crippen LogP contribution in [0.2, 0.25) is 0 Å². The van der Waals surface area contributed by atoms with Crippen LogP contribution >= 0.6 is 0 Å². The Morgan fingerprint density at radius 2 is 1.60 bits per heavy atom. The van der Waals surface area contributed by atoms with E-state index in [4.69, 9.17) is 9.57 Å². The van der Waals surface area contributed by atoms with Crippen molar-refractivity contribution in [3.63, 3.8) is 0 Å². The number of carbonyl (C=O) groups excluding carboxylic acids is 2. The van der Waals surface area contributed by atoms with Gasteiger partial charge in [-0.25, -0.2) is 4.79 Å². The van der Waals surface area contributed by atoms with Gasteiger partial charge in [0.05, 0.1) is 18.5 Å². The van der Waals surface area contributed by atoms with E-state index >= 15 is 0 Å². The van der Waals surface area contributed by atoms with E-state index in [0.29, 0.717) is 0 Å². The van der Waals surface area contributed by atoms with Crippen molar-refractivity contribution < 1.29 is 19.2 Å². The fourth-order valence-electron chi connectivity index (χ4n) is 3.86. The Balaban J connectivity index is 1.85. The molecule has 3 aromatic rings. The highest BCUT2D eigenvalue weighted by molar-refractivity contribution is 6.01. The zero-order valence-electron chi connectivity index (χ0n) is 16.8. The number of hydrogen-bond donors (Lipinski definition) is 1. The zero-order chi connectivity index (χ0) is 21.1. The minimum absolute atomic E-state index is 0.0415. The molecule has 0 fully saturated rings. The fourth-order valence-corrected chi connectivity index (χ4v) is 3.86. The Morgan fingerprint density at radius 3 is 2.30 bits per heavy atom. The topological polar surface area (TPSA) is 67.9 Å². The van der Waals surface area contributed by atoms with Gasteiger partial charge >= 0.3 is 12.0 Å². The fraction of sp³-hybridized carbons (Fsp3) is 0.167. The zero-order valence-corrected chi connectivity index (χ0v) is 16.8. The number of anilines is 2. The van der Waals surface area contributed by atoms with Gasteiger partial charge in [0.15, 0.2) is 0 Å². The molecule has 30 heavy (non-hydrogen) atoms. The average molecular weight is 402 g/mol. The average Bonchev–Trinajstić information content (AvgIpc) is 2.92. The van der Waals surface area contributed by atoms with E-state index in [2.05, 4.69) is 17.6 Å². The summed E-state index contributed by atoms with van der Waals surface area (Å²) in [5, 5.41) is 0. The van der Waals surface area contributed by atoms with E-state index < -0.39 is 12.0 Å². The van der Waals surface area contributed by atoms with Crippen molar-refractivity contribution in [1.29, 1.82) is 0 Å². The van der Waals surface area contributed by atoms with Crippen molar-refractivity contribution in [2.45, 2.75) is 19.3 Å². The Labute approximate surface area is 175 Å². The summed E-state index contributed by atoms with van der Waals surface area (Å²) in [6.45, 7) is 1.24. The van der Waals surface area contributed by atoms with Crippen LogP contribution in [-0.2, 0) is 16.1 Å². The number of rotatable bonds is 2. The second kappa shape index (κ2) is 8.29. The summed E-state index contributed by atoms with van der Waals surface area (Å²) in [5.41, 5.74) is 6.91. The summed E-state index contributed by atoms with van der Waals surface area (Å²) in [6.07, 6.45) is 0.719. The molecule has 0 radical (unpaired) electrons. The van der Waals surface area contributed by atoms with E-state index in [1.807, 2.05) is 60.7 Å². The van der Waals surface area contributed by atoms with Gasteiger partial charge < -0.3 is 9.57 Å². The van der Waals surface area contributed by atoms with Crippen LogP contribution in [0.25, 0.3) is 0 Å². The lowest BCUT2D eigenvalue weighted by atomic mass is 9.86. The Bertz CT molecular complexity index is 1080. The van der Waals surface area contributed by atoms with E-state index in [0.717, 1.165) is 40.2 Å². The maximum atomic E-state index is 13.0. The monoisotopic (exact) mass is 402 g/mol. The highest BCUT2D eigenvalue weighted by Crippen LogP contribution is 2.43. The largest absolute Gasteiger partial charge is 0.497 e. The third-order valence-electron chi connectivity index (χ3n) is 5.21. The normalized spacial score (nSPS) is 14.7. The van der Waals surface area contributed by atoms with Gasteiger partial charge in [0.2, 0.25) is 0 Å². The number of carbonyl (C=O) groups is 2. The van der Waals surface area contributed by atoms with Crippen LogP contribution in [0.1, 0.15) is 29.5 Å². The third-order valence-corrected chi connectivity index (χ3v) is 5.21. The number of nitrogens with one attached hydrogen (secondary N) is 1. The molecule has 3 aromatic carbocycles. The maximum absolute atomic E-state index is 13.0. The highest BCUT2D eigenvalue weighted by Gasteiger charge is 2.31. The van der Waals surface area contributed by atoms with Gasteiger partial charge in [0.1, 0.15) is 5.75 Å². The van der Waals surface area contributed by atoms with Crippen molar-refractivity contribution in [1.82, 2.24) is 5.48 Å². The third kappa shape index (κ3) is 3.72. The molecule has 6 heteroatoms. The molecule has 1 aliphatic heterocycles. The lowest BCUT2D eigenvalue weighted by Crippen LogP contribution is -2.38. The van der Waals surface area contributed by atoms with Crippen LogP contribution in [0.15, 0.2) is 72.8 Å². The van der Waals surface area contributed by atoms with Gasteiger partial charge in [-0.2, -0.15) is 5.48 Å². The summed E-state index contributed by atoms with van der Waals surface area (Å²) < 4.78 is 5.30. The Kier molecular flexibility index (Phi) is 5.39. The number of methoxy groups -OCH3 is 1. The number of amides is 2. The number of nitrogens with zero attached hydrogens (tertiary/aromatic N) is 1. The molecule has 1 aliphatic rings. The molecule has 0 saturated carbocycles. The first-order valence-electron chi connectivity index (χ1n) is 9.66. The van der Waals surface area contributed by atoms with Crippen molar-refractivity contribution in [3.05, 3.63) is 89.5 Å². The Hall–Kier alpha value is -3.80. The lowest BCUT2D eigenvalue weighted by molar-refractivity contribution is -0.145. The van der Waals surface area contributed by atoms with Crippen LogP contribution in [-0.4, -0.2) is 19.1 Å². The molecule has 0 spiro atoms. The highest BCUT2D eigenvalue weighted by atomic mass is 16.7. The maximum Gasteiger partial charge on any atom is 0.359 e. The molecule has 1 unspecified atom stereocenters. The minimum Gasteiger partial charge on any atom is -0.497 e. The number of benzene rings is 3. The van der Waals surface area contributed by atoms with Gasteiger partial charge in [-0.1, -0.05) is 48.5 Å². The minimum atomic E-state index is -0.587. The van der Waals surface area contributed by atoms with E-state index in [1.54, 1.807) is 12.0 Å². The van der Waals surface area contributed by atoms with Gasteiger partial charge in [0, 0.05) is 12.8 Å². The number of urea groups is 1. The number of hydrogen-bond acceptors (Lipinski definition) is 4. The molecule has 1 atom stereocenters. The molecule has 0 aliphatic carbocycles. The predicted molar refractivity (Wildman–Crippen MR) is 114 cm³/mol. The second-order valence-electron chi connectivity index (χ2n) is 7.05. The second-order valence-corrected chi connectivity index (χ2v) is 7.05. The molecule has 1 heterocycles. The first-order chi connectivity index (χ1) is 14.6. The first kappa shape index (κ1) is 19.5. The van der Waals surface area contributed by atoms with Crippen LogP contribution in [0.5, 0.6) is 5.75 Å². The SMILES string of the molecule is COc1ccc(C2Cc3ccccc3N(C(=O)NOC(C)=O)c3ccccc32)cc1. The molecule has 0 saturated heterocycles. The van der Waals surface area contributed by atoms with Gasteiger partial charge in [0.25, 0.3) is 0 Å². The van der Waals surface area contributed by atoms with Gasteiger partial charge in [-0.3, -0.25) is 9.69 Å². The Morgan fingerprint density at radius 1 is 0.933 bits per heavy atom. The quantitative estimate of drug-likeness (QED) is 0.631. The van der Waals surface area contributed by atoms with Crippen LogP contribution < -0.4 is 15.1 Å². The molecule has 6 nitrogen and oxygen atoms in total. The molecular formula is C24H22N2O4. The molecular weight excluding hydrogens is 380 g/mol. The van der Waals surface area contributed by atoms with Gasteiger partial charge in [-0.15, -0.1) is 0 Å². The first-order valence-corrected chi connectivity index (χ1v) is 9.66. The molecule has 152 valence electrons. The molecule has 0 aromatic heterocycles. The predicted octanol–water partition coefficient (Wildman–Crippen LogP) is 4.71. The number of ether oxygens (including phenoxy) is 1. The van der Waals surface area contributed by atoms with E-state index in [9.17, 15) is 9.59 Å². The molecule has 1 N–H and O–H groups in total. The van der Waals surface area contributed by atoms with Crippen LogP contribution in [0.3, 0.4) is 0 Å². The van der Waals surface area contributed by atoms with Crippen molar-refractivity contribution >= 4 is 23.4 Å². The van der Waals surface area contributed by atoms with Crippen molar-refractivity contribution in [2.75, 3.05) is 12.0 Å². The van der Waals surface area contributed by atoms with Crippen LogP contribution in [0, 0.1) is 0 Å². The summed E-state index contributed by atoms with van der Waals surface area (Å²) in [7, 11) is 1.64. The van der Waals surface area contributed by atoms with Crippen molar-refractivity contribution in [2.24, 2.45) is 0 Å². The summed E-state index contributed by atoms with van der Waals surface area (Å²) in [4.78, 5) is 30.6. The molecule has 0 bridgehead atoms. The number of fused-ring (bicyclic) bond motifs is 2. The molecule has 2 amide bonds. The smallest absolute Gasteiger partial charge is 0.359 e. The summed E-state index contributed by atoms with van der Waals surface area (Å²) in [5.74, 6) is 0.249. The van der Waals surface area contributed by atoms with Crippen LogP contribution in [0.4, 0.5) is 16.2 Å².